The molecule has 1 aliphatic heterocycles. The smallest absolute Gasteiger partial charge is 0.246 e. The van der Waals surface area contributed by atoms with E-state index in [0.29, 0.717) is 50.0 Å². The van der Waals surface area contributed by atoms with Crippen molar-refractivity contribution in [3.8, 4) is 0 Å². The Balaban J connectivity index is 1.33. The lowest BCUT2D eigenvalue weighted by atomic mass is 9.80. The third kappa shape index (κ3) is 7.79. The molecule has 0 aromatic carbocycles. The first kappa shape index (κ1) is 27.6. The Bertz CT molecular complexity index is 736. The van der Waals surface area contributed by atoms with Crippen molar-refractivity contribution >= 4 is 17.6 Å². The summed E-state index contributed by atoms with van der Waals surface area (Å²) in [5, 5.41) is 6.35. The van der Waals surface area contributed by atoms with Crippen LogP contribution in [0.1, 0.15) is 122 Å². The molecule has 0 radical (unpaired) electrons. The van der Waals surface area contributed by atoms with Crippen LogP contribution < -0.4 is 10.6 Å². The van der Waals surface area contributed by atoms with Gasteiger partial charge in [-0.1, -0.05) is 77.6 Å². The van der Waals surface area contributed by atoms with E-state index in [0.717, 1.165) is 38.8 Å². The summed E-state index contributed by atoms with van der Waals surface area (Å²) >= 11 is 0. The maximum absolute atomic E-state index is 13.7. The zero-order valence-electron chi connectivity index (χ0n) is 22.8. The van der Waals surface area contributed by atoms with E-state index in [9.17, 15) is 14.4 Å². The molecule has 1 heterocycles. The summed E-state index contributed by atoms with van der Waals surface area (Å²) in [6.45, 7) is 4.58. The van der Waals surface area contributed by atoms with Crippen LogP contribution >= 0.6 is 0 Å². The second kappa shape index (κ2) is 13.4. The van der Waals surface area contributed by atoms with Gasteiger partial charge in [-0.15, -0.1) is 0 Å². The normalized spacial score (nSPS) is 28.9. The molecular formula is C30H51N3O3. The highest BCUT2D eigenvalue weighted by molar-refractivity contribution is 5.96. The monoisotopic (exact) mass is 501 g/mol. The molecule has 3 aliphatic carbocycles. The molecule has 4 aliphatic rings. The van der Waals surface area contributed by atoms with E-state index in [1.807, 2.05) is 0 Å². The van der Waals surface area contributed by atoms with Gasteiger partial charge in [0.05, 0.1) is 12.6 Å². The average Bonchev–Trinajstić information content (AvgIpc) is 3.01. The summed E-state index contributed by atoms with van der Waals surface area (Å²) in [4.78, 5) is 42.3. The van der Waals surface area contributed by atoms with Crippen molar-refractivity contribution in [3.63, 3.8) is 0 Å². The van der Waals surface area contributed by atoms with Gasteiger partial charge in [0.15, 0.2) is 5.78 Å². The van der Waals surface area contributed by atoms with Gasteiger partial charge in [0.1, 0.15) is 5.54 Å². The fourth-order valence-corrected chi connectivity index (χ4v) is 7.46. The maximum Gasteiger partial charge on any atom is 0.246 e. The van der Waals surface area contributed by atoms with Crippen LogP contribution in [0.25, 0.3) is 0 Å². The molecule has 0 unspecified atom stereocenters. The van der Waals surface area contributed by atoms with Crippen LogP contribution in [0, 0.1) is 17.8 Å². The minimum absolute atomic E-state index is 0.0110. The lowest BCUT2D eigenvalue weighted by Gasteiger charge is -2.38. The molecule has 6 nitrogen and oxygen atoms in total. The lowest BCUT2D eigenvalue weighted by Crippen LogP contribution is -2.62. The van der Waals surface area contributed by atoms with Gasteiger partial charge in [-0.2, -0.15) is 0 Å². The van der Waals surface area contributed by atoms with Crippen LogP contribution in [0.5, 0.6) is 0 Å². The van der Waals surface area contributed by atoms with Crippen LogP contribution in [0.15, 0.2) is 0 Å². The summed E-state index contributed by atoms with van der Waals surface area (Å²) in [5.41, 5.74) is -0.848. The fourth-order valence-electron chi connectivity index (χ4n) is 7.46. The highest BCUT2D eigenvalue weighted by atomic mass is 16.2. The maximum atomic E-state index is 13.7. The van der Waals surface area contributed by atoms with Gasteiger partial charge in [-0.25, -0.2) is 0 Å². The van der Waals surface area contributed by atoms with E-state index in [1.54, 1.807) is 0 Å². The van der Waals surface area contributed by atoms with Crippen molar-refractivity contribution < 1.29 is 14.4 Å². The van der Waals surface area contributed by atoms with Gasteiger partial charge in [0.25, 0.3) is 0 Å². The van der Waals surface area contributed by atoms with Gasteiger partial charge in [0.2, 0.25) is 11.8 Å². The number of nitrogens with one attached hydrogen (secondary N) is 2. The number of carbonyl (C=O) groups is 3. The molecule has 2 amide bonds. The van der Waals surface area contributed by atoms with Crippen molar-refractivity contribution in [2.75, 3.05) is 19.6 Å². The average molecular weight is 502 g/mol. The predicted octanol–water partition coefficient (Wildman–Crippen LogP) is 5.14. The van der Waals surface area contributed by atoms with E-state index >= 15 is 0 Å². The van der Waals surface area contributed by atoms with Crippen molar-refractivity contribution in [2.24, 2.45) is 17.8 Å². The van der Waals surface area contributed by atoms with E-state index in [-0.39, 0.29) is 17.6 Å². The van der Waals surface area contributed by atoms with Gasteiger partial charge >= 0.3 is 0 Å². The number of Topliss-reactive ketones (excluding diaryl/α,β-unsaturated/α-hetero) is 1. The molecule has 0 aromatic rings. The molecule has 0 bridgehead atoms. The van der Waals surface area contributed by atoms with E-state index in [4.69, 9.17) is 0 Å². The number of nitrogens with zero attached hydrogens (tertiary/aromatic N) is 1. The fraction of sp³-hybridized carbons (Fsp3) is 0.900. The van der Waals surface area contributed by atoms with Crippen molar-refractivity contribution in [2.45, 2.75) is 134 Å². The minimum atomic E-state index is -0.848. The third-order valence-electron chi connectivity index (χ3n) is 9.55. The predicted molar refractivity (Wildman–Crippen MR) is 144 cm³/mol. The number of ketones is 1. The molecule has 4 rings (SSSR count). The summed E-state index contributed by atoms with van der Waals surface area (Å²) in [6.07, 6.45) is 19.4. The van der Waals surface area contributed by atoms with Crippen LogP contribution in [-0.2, 0) is 14.4 Å². The summed E-state index contributed by atoms with van der Waals surface area (Å²) in [6, 6.07) is -0.443. The SMILES string of the molecule is C[C@@H]1C[C@H](NC(=O)C2(NC(=O)CCC3CCCCC3)CCCCC2)C(=O)CN(CC2CCCCC2)C1. The second-order valence-electron chi connectivity index (χ2n) is 12.8. The van der Waals surface area contributed by atoms with E-state index in [1.165, 1.54) is 64.2 Å². The van der Waals surface area contributed by atoms with Gasteiger partial charge < -0.3 is 10.6 Å². The van der Waals surface area contributed by atoms with Crippen molar-refractivity contribution in [1.82, 2.24) is 15.5 Å². The molecule has 204 valence electrons. The first-order chi connectivity index (χ1) is 17.4. The Kier molecular flexibility index (Phi) is 10.3. The molecule has 2 atom stereocenters. The largest absolute Gasteiger partial charge is 0.344 e. The number of hydrogen-bond donors (Lipinski definition) is 2. The van der Waals surface area contributed by atoms with Crippen LogP contribution in [0.2, 0.25) is 0 Å². The number of amides is 2. The highest BCUT2D eigenvalue weighted by Crippen LogP contribution is 2.31. The molecule has 3 saturated carbocycles. The summed E-state index contributed by atoms with van der Waals surface area (Å²) < 4.78 is 0. The molecule has 0 aromatic heterocycles. The Morgan fingerprint density at radius 3 is 2.17 bits per heavy atom. The summed E-state index contributed by atoms with van der Waals surface area (Å²) in [7, 11) is 0. The lowest BCUT2D eigenvalue weighted by molar-refractivity contribution is -0.137. The van der Waals surface area contributed by atoms with Crippen molar-refractivity contribution in [1.29, 1.82) is 0 Å². The van der Waals surface area contributed by atoms with Crippen LogP contribution in [0.3, 0.4) is 0 Å². The molecule has 1 saturated heterocycles. The molecule has 6 heteroatoms. The molecule has 36 heavy (non-hydrogen) atoms. The van der Waals surface area contributed by atoms with Crippen molar-refractivity contribution in [3.05, 3.63) is 0 Å². The minimum Gasteiger partial charge on any atom is -0.344 e. The van der Waals surface area contributed by atoms with Gasteiger partial charge in [-0.3, -0.25) is 19.3 Å². The molecule has 2 N–H and O–H groups in total. The number of hydrogen-bond acceptors (Lipinski definition) is 4. The Morgan fingerprint density at radius 2 is 1.50 bits per heavy atom. The quantitative estimate of drug-likeness (QED) is 0.483. The topological polar surface area (TPSA) is 78.5 Å². The molecule has 0 spiro atoms. The first-order valence-corrected chi connectivity index (χ1v) is 15.3. The first-order valence-electron chi connectivity index (χ1n) is 15.3. The zero-order valence-corrected chi connectivity index (χ0v) is 22.8. The zero-order chi connectivity index (χ0) is 25.4. The van der Waals surface area contributed by atoms with Crippen LogP contribution in [-0.4, -0.2) is 53.7 Å². The molecule has 4 fully saturated rings. The van der Waals surface area contributed by atoms with Crippen LogP contribution in [0.4, 0.5) is 0 Å². The highest BCUT2D eigenvalue weighted by Gasteiger charge is 2.43. The van der Waals surface area contributed by atoms with Gasteiger partial charge in [-0.05, 0) is 56.3 Å². The Labute approximate surface area is 219 Å². The van der Waals surface area contributed by atoms with E-state index in [2.05, 4.69) is 22.5 Å². The number of carbonyl (C=O) groups excluding carboxylic acids is 3. The van der Waals surface area contributed by atoms with E-state index < -0.39 is 11.6 Å². The third-order valence-corrected chi connectivity index (χ3v) is 9.55. The Hall–Kier alpha value is -1.43. The number of likely N-dealkylation sites (tertiary alicyclic amines) is 1. The van der Waals surface area contributed by atoms with Gasteiger partial charge in [0, 0.05) is 19.5 Å². The Morgan fingerprint density at radius 1 is 0.889 bits per heavy atom. The standard InChI is InChI=1S/C30H51N3O3/c1-23-19-26(27(34)22-33(20-23)21-25-13-7-3-8-14-25)31-29(36)30(17-9-4-10-18-30)32-28(35)16-15-24-11-5-2-6-12-24/h23-26H,2-22H2,1H3,(H,31,36)(H,32,35)/t23-,26+/m1/s1. The number of rotatable bonds is 8. The molecular weight excluding hydrogens is 450 g/mol. The summed E-state index contributed by atoms with van der Waals surface area (Å²) in [5.74, 6) is 1.74. The second-order valence-corrected chi connectivity index (χ2v) is 12.8.